The summed E-state index contributed by atoms with van der Waals surface area (Å²) < 4.78 is 0. The van der Waals surface area contributed by atoms with Gasteiger partial charge < -0.3 is 5.11 Å². The lowest BCUT2D eigenvalue weighted by Gasteiger charge is -2.41. The highest BCUT2D eigenvalue weighted by atomic mass is 16.3. The zero-order valence-electron chi connectivity index (χ0n) is 9.50. The third-order valence-corrected chi connectivity index (χ3v) is 4.21. The van der Waals surface area contributed by atoms with Gasteiger partial charge in [0.2, 0.25) is 0 Å². The summed E-state index contributed by atoms with van der Waals surface area (Å²) in [6.45, 7) is 5.48. The molecule has 0 spiro atoms. The molecule has 2 fully saturated rings. The quantitative estimate of drug-likeness (QED) is 0.696. The summed E-state index contributed by atoms with van der Waals surface area (Å²) >= 11 is 0. The molecule has 0 radical (unpaired) electrons. The van der Waals surface area contributed by atoms with Gasteiger partial charge in [0.15, 0.2) is 0 Å². The summed E-state index contributed by atoms with van der Waals surface area (Å²) in [5.41, 5.74) is 0.0159. The molecule has 2 aliphatic rings. The van der Waals surface area contributed by atoms with Crippen molar-refractivity contribution in [2.75, 3.05) is 6.54 Å². The molecule has 0 amide bonds. The van der Waals surface area contributed by atoms with Gasteiger partial charge in [-0.15, -0.1) is 0 Å². The van der Waals surface area contributed by atoms with E-state index >= 15 is 0 Å². The van der Waals surface area contributed by atoms with Crippen LogP contribution >= 0.6 is 0 Å². The second-order valence-electron chi connectivity index (χ2n) is 5.44. The number of nitrogens with zero attached hydrogens (tertiary/aromatic N) is 1. The van der Waals surface area contributed by atoms with Crippen molar-refractivity contribution in [3.05, 3.63) is 0 Å². The summed E-state index contributed by atoms with van der Waals surface area (Å²) in [4.78, 5) is 2.55. The largest absolute Gasteiger partial charge is 0.391 e. The van der Waals surface area contributed by atoms with Crippen molar-refractivity contribution < 1.29 is 5.11 Å². The number of likely N-dealkylation sites (tertiary alicyclic amines) is 1. The molecular weight excluding hydrogens is 174 g/mol. The molecule has 2 rings (SSSR count). The average molecular weight is 197 g/mol. The maximum atomic E-state index is 9.92. The van der Waals surface area contributed by atoms with Crippen molar-refractivity contribution in [2.45, 2.75) is 70.1 Å². The second kappa shape index (κ2) is 3.82. The van der Waals surface area contributed by atoms with E-state index in [0.717, 1.165) is 19.0 Å². The Labute approximate surface area is 87.3 Å². The zero-order valence-corrected chi connectivity index (χ0v) is 9.50. The van der Waals surface area contributed by atoms with Crippen molar-refractivity contribution >= 4 is 0 Å². The smallest absolute Gasteiger partial charge is 0.0730 e. The third-order valence-electron chi connectivity index (χ3n) is 4.21. The van der Waals surface area contributed by atoms with Gasteiger partial charge in [-0.25, -0.2) is 0 Å². The molecule has 0 aromatic carbocycles. The van der Waals surface area contributed by atoms with Crippen molar-refractivity contribution in [3.8, 4) is 0 Å². The molecule has 1 unspecified atom stereocenters. The fourth-order valence-electron chi connectivity index (χ4n) is 3.14. The standard InChI is InChI=1S/C12H23NO/c1-12(2)11(14)8-9-13(12)10-6-4-3-5-7-10/h10-11,14H,3-9H2,1-2H3. The molecule has 2 nitrogen and oxygen atoms in total. The molecule has 0 aromatic rings. The second-order valence-corrected chi connectivity index (χ2v) is 5.44. The zero-order chi connectivity index (χ0) is 10.2. The predicted molar refractivity (Wildman–Crippen MR) is 58.3 cm³/mol. The Balaban J connectivity index is 2.03. The highest BCUT2D eigenvalue weighted by Crippen LogP contribution is 2.35. The molecule has 1 saturated carbocycles. The van der Waals surface area contributed by atoms with Crippen LogP contribution in [0.5, 0.6) is 0 Å². The van der Waals surface area contributed by atoms with Crippen LogP contribution in [0.3, 0.4) is 0 Å². The Morgan fingerprint density at radius 1 is 1.07 bits per heavy atom. The van der Waals surface area contributed by atoms with Crippen molar-refractivity contribution in [3.63, 3.8) is 0 Å². The fourth-order valence-corrected chi connectivity index (χ4v) is 3.14. The Morgan fingerprint density at radius 3 is 2.21 bits per heavy atom. The monoisotopic (exact) mass is 197 g/mol. The fraction of sp³-hybridized carbons (Fsp3) is 1.00. The van der Waals surface area contributed by atoms with E-state index in [2.05, 4.69) is 18.7 Å². The van der Waals surface area contributed by atoms with Gasteiger partial charge >= 0.3 is 0 Å². The van der Waals surface area contributed by atoms with E-state index in [0.29, 0.717) is 0 Å². The number of aliphatic hydroxyl groups is 1. The minimum atomic E-state index is -0.121. The Kier molecular flexibility index (Phi) is 2.85. The topological polar surface area (TPSA) is 23.5 Å². The molecule has 2 heteroatoms. The van der Waals surface area contributed by atoms with Gasteiger partial charge in [0.05, 0.1) is 6.10 Å². The highest BCUT2D eigenvalue weighted by molar-refractivity contribution is 4.98. The first-order chi connectivity index (χ1) is 6.62. The van der Waals surface area contributed by atoms with Gasteiger partial charge in [0.1, 0.15) is 0 Å². The predicted octanol–water partition coefficient (Wildman–Crippen LogP) is 2.16. The lowest BCUT2D eigenvalue weighted by molar-refractivity contribution is 0.0201. The van der Waals surface area contributed by atoms with Crippen molar-refractivity contribution in [1.82, 2.24) is 4.90 Å². The highest BCUT2D eigenvalue weighted by Gasteiger charge is 2.43. The molecule has 1 heterocycles. The molecule has 0 bridgehead atoms. The first kappa shape index (κ1) is 10.4. The Hall–Kier alpha value is -0.0800. The van der Waals surface area contributed by atoms with Crippen LogP contribution in [0.25, 0.3) is 0 Å². The van der Waals surface area contributed by atoms with E-state index in [1.54, 1.807) is 0 Å². The Morgan fingerprint density at radius 2 is 1.71 bits per heavy atom. The maximum absolute atomic E-state index is 9.92. The molecular formula is C12H23NO. The lowest BCUT2D eigenvalue weighted by atomic mass is 9.90. The third kappa shape index (κ3) is 1.70. The molecule has 14 heavy (non-hydrogen) atoms. The molecule has 1 aliphatic carbocycles. The Bertz CT molecular complexity index is 196. The number of rotatable bonds is 1. The number of hydrogen-bond donors (Lipinski definition) is 1. The molecule has 82 valence electrons. The van der Waals surface area contributed by atoms with Crippen LogP contribution in [-0.4, -0.2) is 34.2 Å². The summed E-state index contributed by atoms with van der Waals surface area (Å²) in [5, 5.41) is 9.92. The van der Waals surface area contributed by atoms with Crippen LogP contribution in [0.4, 0.5) is 0 Å². The average Bonchev–Trinajstić information content (AvgIpc) is 2.44. The van der Waals surface area contributed by atoms with Crippen LogP contribution in [0.1, 0.15) is 52.4 Å². The molecule has 0 aromatic heterocycles. The van der Waals surface area contributed by atoms with Crippen LogP contribution in [0.15, 0.2) is 0 Å². The van der Waals surface area contributed by atoms with E-state index in [9.17, 15) is 5.11 Å². The molecule has 1 aliphatic heterocycles. The van der Waals surface area contributed by atoms with Gasteiger partial charge in [0, 0.05) is 18.1 Å². The summed E-state index contributed by atoms with van der Waals surface area (Å²) in [5.74, 6) is 0. The van der Waals surface area contributed by atoms with E-state index in [1.807, 2.05) is 0 Å². The first-order valence-corrected chi connectivity index (χ1v) is 6.07. The molecule has 1 saturated heterocycles. The van der Waals surface area contributed by atoms with Crippen molar-refractivity contribution in [2.24, 2.45) is 0 Å². The van der Waals surface area contributed by atoms with Gasteiger partial charge in [-0.3, -0.25) is 4.90 Å². The molecule has 1 N–H and O–H groups in total. The van der Waals surface area contributed by atoms with Crippen molar-refractivity contribution in [1.29, 1.82) is 0 Å². The van der Waals surface area contributed by atoms with Gasteiger partial charge in [-0.05, 0) is 33.1 Å². The summed E-state index contributed by atoms with van der Waals surface area (Å²) in [7, 11) is 0. The van der Waals surface area contributed by atoms with Gasteiger partial charge in [-0.1, -0.05) is 19.3 Å². The number of hydrogen-bond acceptors (Lipinski definition) is 2. The van der Waals surface area contributed by atoms with E-state index in [1.165, 1.54) is 32.1 Å². The first-order valence-electron chi connectivity index (χ1n) is 6.07. The van der Waals surface area contributed by atoms with Gasteiger partial charge in [-0.2, -0.15) is 0 Å². The minimum absolute atomic E-state index is 0.0159. The van der Waals surface area contributed by atoms with Crippen LogP contribution in [0.2, 0.25) is 0 Å². The SMILES string of the molecule is CC1(C)C(O)CCN1C1CCCCC1. The van der Waals surface area contributed by atoms with Crippen LogP contribution in [0, 0.1) is 0 Å². The molecule has 1 atom stereocenters. The van der Waals surface area contributed by atoms with E-state index in [-0.39, 0.29) is 11.6 Å². The number of aliphatic hydroxyl groups excluding tert-OH is 1. The van der Waals surface area contributed by atoms with E-state index in [4.69, 9.17) is 0 Å². The van der Waals surface area contributed by atoms with Crippen LogP contribution < -0.4 is 0 Å². The van der Waals surface area contributed by atoms with Gasteiger partial charge in [0.25, 0.3) is 0 Å². The lowest BCUT2D eigenvalue weighted by Crippen LogP contribution is -2.50. The van der Waals surface area contributed by atoms with E-state index < -0.39 is 0 Å². The minimum Gasteiger partial charge on any atom is -0.391 e. The maximum Gasteiger partial charge on any atom is 0.0730 e. The summed E-state index contributed by atoms with van der Waals surface area (Å²) in [6, 6.07) is 0.746. The summed E-state index contributed by atoms with van der Waals surface area (Å²) in [6.07, 6.45) is 7.70. The van der Waals surface area contributed by atoms with Crippen LogP contribution in [-0.2, 0) is 0 Å². The normalized spacial score (nSPS) is 34.9.